The van der Waals surface area contributed by atoms with E-state index in [-0.39, 0.29) is 28.8 Å². The zero-order valence-corrected chi connectivity index (χ0v) is 20.4. The van der Waals surface area contributed by atoms with E-state index in [0.717, 1.165) is 22.5 Å². The summed E-state index contributed by atoms with van der Waals surface area (Å²) in [5.74, 6) is -0.694. The molecule has 178 valence electrons. The molecule has 0 radical (unpaired) electrons. The van der Waals surface area contributed by atoms with E-state index < -0.39 is 29.2 Å². The van der Waals surface area contributed by atoms with Crippen LogP contribution in [0, 0.1) is 0 Å². The molecule has 2 aliphatic heterocycles. The summed E-state index contributed by atoms with van der Waals surface area (Å²) in [7, 11) is 0. The minimum atomic E-state index is -0.891. The molecule has 2 amide bonds. The number of carbonyl (C=O) groups is 3. The van der Waals surface area contributed by atoms with Gasteiger partial charge in [-0.05, 0) is 17.4 Å². The van der Waals surface area contributed by atoms with E-state index in [4.69, 9.17) is 10.5 Å². The Bertz CT molecular complexity index is 1170. The number of aromatic nitrogens is 1. The third-order valence-corrected chi connectivity index (χ3v) is 7.79. The average Bonchev–Trinajstić information content (AvgIpc) is 3.27. The Hall–Kier alpha value is -3.03. The second-order valence-electron chi connectivity index (χ2n) is 7.33. The van der Waals surface area contributed by atoms with E-state index >= 15 is 0 Å². The number of nitrogens with one attached hydrogen (secondary N) is 1. The minimum Gasteiger partial charge on any atom is -0.456 e. The van der Waals surface area contributed by atoms with E-state index in [1.54, 1.807) is 11.8 Å². The lowest BCUT2D eigenvalue weighted by atomic mass is 10.0. The number of amides is 2. The van der Waals surface area contributed by atoms with Gasteiger partial charge in [0.2, 0.25) is 0 Å². The Balaban J connectivity index is 1.48. The molecule has 0 aliphatic carbocycles. The van der Waals surface area contributed by atoms with E-state index in [1.165, 1.54) is 22.0 Å². The Labute approximate surface area is 207 Å². The maximum absolute atomic E-state index is 13.0. The summed E-state index contributed by atoms with van der Waals surface area (Å²) in [5.41, 5.74) is 7.22. The number of oxime groups is 1. The molecular formula is C21H21N5O5S3. The fourth-order valence-electron chi connectivity index (χ4n) is 3.57. The molecule has 1 aromatic carbocycles. The topological polar surface area (TPSA) is 147 Å². The first kappa shape index (κ1) is 24.1. The number of carbonyl (C=O) groups excluding carboxylic acids is 3. The summed E-state index contributed by atoms with van der Waals surface area (Å²) in [5, 5.41) is 16.1. The zero-order valence-electron chi connectivity index (χ0n) is 18.0. The maximum atomic E-state index is 13.0. The highest BCUT2D eigenvalue weighted by Crippen LogP contribution is 2.41. The number of thioether (sulfide) groups is 2. The standard InChI is InChI=1S/C21H21N5O5S3/c1-32-8-12-9-33-19-15(24-17(27)14(25-30)13-10-34-21(22)23-13)18(28)26(19)16(12)20(29)31-7-11-5-3-2-4-6-11/h2-6,10,15,19,30H,7-9H2,1H3,(H2,22,23)(H,24,27)/t15?,19-/m1/s1. The molecule has 1 aromatic heterocycles. The molecule has 2 atom stereocenters. The molecule has 34 heavy (non-hydrogen) atoms. The summed E-state index contributed by atoms with van der Waals surface area (Å²) in [6.07, 6.45) is 1.92. The molecule has 2 aromatic rings. The van der Waals surface area contributed by atoms with Crippen LogP contribution in [-0.4, -0.2) is 67.8 Å². The molecule has 4 N–H and O–H groups in total. The molecule has 10 nitrogen and oxygen atoms in total. The van der Waals surface area contributed by atoms with Gasteiger partial charge in [-0.1, -0.05) is 35.5 Å². The van der Waals surface area contributed by atoms with Crippen LogP contribution in [0.5, 0.6) is 0 Å². The number of esters is 1. The molecular weight excluding hydrogens is 498 g/mol. The van der Waals surface area contributed by atoms with Crippen molar-refractivity contribution in [3.8, 4) is 0 Å². The lowest BCUT2D eigenvalue weighted by Gasteiger charge is -2.49. The van der Waals surface area contributed by atoms with Gasteiger partial charge in [-0.25, -0.2) is 9.78 Å². The molecule has 4 rings (SSSR count). The van der Waals surface area contributed by atoms with Crippen molar-refractivity contribution in [2.75, 3.05) is 23.5 Å². The van der Waals surface area contributed by atoms with Crippen LogP contribution in [0.3, 0.4) is 0 Å². The van der Waals surface area contributed by atoms with E-state index in [1.807, 2.05) is 36.6 Å². The summed E-state index contributed by atoms with van der Waals surface area (Å²) in [6.45, 7) is 0.0861. The number of rotatable bonds is 8. The van der Waals surface area contributed by atoms with Crippen LogP contribution < -0.4 is 11.1 Å². The van der Waals surface area contributed by atoms with Gasteiger partial charge in [0.25, 0.3) is 11.8 Å². The molecule has 1 unspecified atom stereocenters. The predicted octanol–water partition coefficient (Wildman–Crippen LogP) is 1.66. The van der Waals surface area contributed by atoms with Crippen LogP contribution in [0.2, 0.25) is 0 Å². The lowest BCUT2D eigenvalue weighted by molar-refractivity contribution is -0.153. The number of benzene rings is 1. The Kier molecular flexibility index (Phi) is 7.44. The minimum absolute atomic E-state index is 0.0861. The Morgan fingerprint density at radius 1 is 1.38 bits per heavy atom. The molecule has 3 heterocycles. The monoisotopic (exact) mass is 519 g/mol. The van der Waals surface area contributed by atoms with Gasteiger partial charge in [-0.3, -0.25) is 14.5 Å². The van der Waals surface area contributed by atoms with Crippen molar-refractivity contribution in [1.29, 1.82) is 0 Å². The summed E-state index contributed by atoms with van der Waals surface area (Å²) in [6, 6.07) is 8.38. The molecule has 1 saturated heterocycles. The van der Waals surface area contributed by atoms with Gasteiger partial charge < -0.3 is 21.0 Å². The van der Waals surface area contributed by atoms with Gasteiger partial charge in [0.05, 0.1) is 0 Å². The van der Waals surface area contributed by atoms with Crippen LogP contribution in [0.4, 0.5) is 5.13 Å². The number of nitrogens with two attached hydrogens (primary N) is 1. The highest BCUT2D eigenvalue weighted by Gasteiger charge is 2.54. The average molecular weight is 520 g/mol. The molecule has 13 heteroatoms. The largest absolute Gasteiger partial charge is 0.456 e. The third-order valence-electron chi connectivity index (χ3n) is 5.14. The fourth-order valence-corrected chi connectivity index (χ4v) is 6.18. The van der Waals surface area contributed by atoms with Gasteiger partial charge >= 0.3 is 5.97 Å². The third kappa shape index (κ3) is 4.76. The maximum Gasteiger partial charge on any atom is 0.355 e. The number of β-lactam (4-membered cyclic amide) rings is 1. The van der Waals surface area contributed by atoms with Gasteiger partial charge in [0.15, 0.2) is 10.8 Å². The lowest BCUT2D eigenvalue weighted by Crippen LogP contribution is -2.71. The number of nitrogen functional groups attached to an aromatic ring is 1. The van der Waals surface area contributed by atoms with Crippen molar-refractivity contribution in [1.82, 2.24) is 15.2 Å². The van der Waals surface area contributed by atoms with Crippen molar-refractivity contribution < 1.29 is 24.3 Å². The first-order valence-corrected chi connectivity index (χ1v) is 13.4. The van der Waals surface area contributed by atoms with Crippen molar-refractivity contribution in [2.24, 2.45) is 5.16 Å². The van der Waals surface area contributed by atoms with Gasteiger partial charge in [0, 0.05) is 16.9 Å². The zero-order chi connectivity index (χ0) is 24.2. The predicted molar refractivity (Wildman–Crippen MR) is 132 cm³/mol. The second-order valence-corrected chi connectivity index (χ2v) is 10.2. The highest BCUT2D eigenvalue weighted by molar-refractivity contribution is 8.00. The second kappa shape index (κ2) is 10.5. The SMILES string of the molecule is CSCC1=C(C(=O)OCc2ccccc2)N2C(=O)C(NC(=O)C(=NO)c3csc(N)n3)[C@H]2SC1. The molecule has 0 saturated carbocycles. The van der Waals surface area contributed by atoms with Crippen LogP contribution in [0.1, 0.15) is 11.3 Å². The van der Waals surface area contributed by atoms with Crippen molar-refractivity contribution in [3.05, 3.63) is 58.2 Å². The number of hydrogen-bond acceptors (Lipinski definition) is 11. The van der Waals surface area contributed by atoms with Crippen LogP contribution in [0.25, 0.3) is 0 Å². The number of nitrogens with zero attached hydrogens (tertiary/aromatic N) is 3. The number of hydrogen-bond donors (Lipinski definition) is 3. The normalized spacial score (nSPS) is 20.0. The first-order valence-electron chi connectivity index (χ1n) is 10.1. The van der Waals surface area contributed by atoms with Gasteiger partial charge in [0.1, 0.15) is 29.4 Å². The van der Waals surface area contributed by atoms with Crippen LogP contribution >= 0.6 is 34.9 Å². The summed E-state index contributed by atoms with van der Waals surface area (Å²) in [4.78, 5) is 44.1. The Morgan fingerprint density at radius 2 is 2.15 bits per heavy atom. The quantitative estimate of drug-likeness (QED) is 0.156. The van der Waals surface area contributed by atoms with E-state index in [2.05, 4.69) is 15.5 Å². The Morgan fingerprint density at radius 3 is 2.79 bits per heavy atom. The highest BCUT2D eigenvalue weighted by atomic mass is 32.2. The summed E-state index contributed by atoms with van der Waals surface area (Å²) >= 11 is 4.08. The smallest absolute Gasteiger partial charge is 0.355 e. The number of fused-ring (bicyclic) bond motifs is 1. The van der Waals surface area contributed by atoms with Gasteiger partial charge in [-0.15, -0.1) is 23.1 Å². The van der Waals surface area contributed by atoms with Crippen LogP contribution in [-0.2, 0) is 25.7 Å². The molecule has 0 spiro atoms. The van der Waals surface area contributed by atoms with Crippen molar-refractivity contribution in [2.45, 2.75) is 18.0 Å². The molecule has 2 aliphatic rings. The van der Waals surface area contributed by atoms with E-state index in [0.29, 0.717) is 11.5 Å². The molecule has 1 fully saturated rings. The number of anilines is 1. The fraction of sp³-hybridized carbons (Fsp3) is 0.286. The van der Waals surface area contributed by atoms with Crippen LogP contribution in [0.15, 0.2) is 52.1 Å². The number of ether oxygens (including phenoxy) is 1. The van der Waals surface area contributed by atoms with Crippen molar-refractivity contribution in [3.63, 3.8) is 0 Å². The number of thiazole rings is 1. The molecule has 0 bridgehead atoms. The summed E-state index contributed by atoms with van der Waals surface area (Å²) < 4.78 is 5.51. The van der Waals surface area contributed by atoms with Gasteiger partial charge in [-0.2, -0.15) is 11.8 Å². The van der Waals surface area contributed by atoms with Crippen molar-refractivity contribution >= 4 is 63.5 Å². The van der Waals surface area contributed by atoms with E-state index in [9.17, 15) is 19.6 Å². The first-order chi connectivity index (χ1) is 16.4.